The molecule has 158 valence electrons. The van der Waals surface area contributed by atoms with Crippen LogP contribution in [0.5, 0.6) is 0 Å². The van der Waals surface area contributed by atoms with Gasteiger partial charge in [-0.1, -0.05) is 13.0 Å². The van der Waals surface area contributed by atoms with E-state index in [1.165, 1.54) is 0 Å². The molecule has 8 nitrogen and oxygen atoms in total. The summed E-state index contributed by atoms with van der Waals surface area (Å²) < 4.78 is 9.94. The highest BCUT2D eigenvalue weighted by atomic mass is 16.6. The van der Waals surface area contributed by atoms with Crippen LogP contribution in [0.1, 0.15) is 34.1 Å². The minimum atomic E-state index is -1.05. The number of rotatable bonds is 8. The van der Waals surface area contributed by atoms with Gasteiger partial charge in [-0.15, -0.1) is 0 Å². The summed E-state index contributed by atoms with van der Waals surface area (Å²) in [5.41, 5.74) is 1.11. The van der Waals surface area contributed by atoms with E-state index in [0.29, 0.717) is 24.1 Å². The first-order valence-corrected chi connectivity index (χ1v) is 9.70. The van der Waals surface area contributed by atoms with Crippen molar-refractivity contribution in [2.45, 2.75) is 52.4 Å². The Morgan fingerprint density at radius 3 is 2.71 bits per heavy atom. The maximum Gasteiger partial charge on any atom is 0.333 e. The number of hydroxylamine groups is 3. The third-order valence-electron chi connectivity index (χ3n) is 5.80. The second-order valence-corrected chi connectivity index (χ2v) is 7.87. The number of fused-ring (bicyclic) bond motifs is 1. The number of aliphatic hydroxyl groups is 2. The molecular formula is C20H31NO7. The monoisotopic (exact) mass is 397 g/mol. The van der Waals surface area contributed by atoms with E-state index in [4.69, 9.17) is 9.47 Å². The number of quaternary nitrogens is 1. The van der Waals surface area contributed by atoms with Gasteiger partial charge in [0.25, 0.3) is 0 Å². The number of carbonyl (C=O) groups is 2. The molecule has 0 aromatic heterocycles. The smallest absolute Gasteiger partial charge is 0.333 e. The summed E-state index contributed by atoms with van der Waals surface area (Å²) in [6.07, 6.45) is 2.05. The zero-order valence-electron chi connectivity index (χ0n) is 17.0. The second kappa shape index (κ2) is 9.17. The normalized spacial score (nSPS) is 30.2. The van der Waals surface area contributed by atoms with E-state index in [1.807, 2.05) is 0 Å². The van der Waals surface area contributed by atoms with Crippen LogP contribution in [0, 0.1) is 17.0 Å². The first-order chi connectivity index (χ1) is 13.1. The van der Waals surface area contributed by atoms with Crippen molar-refractivity contribution in [2.75, 3.05) is 26.3 Å². The Labute approximate surface area is 165 Å². The van der Waals surface area contributed by atoms with Gasteiger partial charge in [0.2, 0.25) is 0 Å². The van der Waals surface area contributed by atoms with Crippen LogP contribution < -0.4 is 0 Å². The number of carbonyl (C=O) groups excluding carboxylic acids is 2. The SMILES string of the molecule is C/C=C(\C)C(=O)OCC(C)[C@H](O)[C@@H](C)C(=O)OCC1=CC[N+]2([O-])CC[C@@H](O)[C@@H]12. The third kappa shape index (κ3) is 4.81. The molecule has 0 radical (unpaired) electrons. The molecular weight excluding hydrogens is 366 g/mol. The van der Waals surface area contributed by atoms with E-state index in [-0.39, 0.29) is 19.8 Å². The number of nitrogens with zero attached hydrogens (tertiary/aromatic N) is 1. The Balaban J connectivity index is 1.82. The molecule has 2 aliphatic heterocycles. The number of allylic oxidation sites excluding steroid dienone is 1. The van der Waals surface area contributed by atoms with Gasteiger partial charge in [-0.3, -0.25) is 4.79 Å². The van der Waals surface area contributed by atoms with Crippen LogP contribution in [0.4, 0.5) is 0 Å². The molecule has 6 atom stereocenters. The molecule has 8 heteroatoms. The van der Waals surface area contributed by atoms with E-state index in [2.05, 4.69) is 0 Å². The highest BCUT2D eigenvalue weighted by Gasteiger charge is 2.47. The summed E-state index contributed by atoms with van der Waals surface area (Å²) in [5, 5.41) is 33.0. The Morgan fingerprint density at radius 2 is 2.07 bits per heavy atom. The Bertz CT molecular complexity index is 659. The summed E-state index contributed by atoms with van der Waals surface area (Å²) in [7, 11) is 0. The van der Waals surface area contributed by atoms with Crippen LogP contribution >= 0.6 is 0 Å². The third-order valence-corrected chi connectivity index (χ3v) is 5.80. The predicted octanol–water partition coefficient (Wildman–Crippen LogP) is 1.06. The number of esters is 2. The molecule has 0 amide bonds. The van der Waals surface area contributed by atoms with E-state index in [9.17, 15) is 25.0 Å². The van der Waals surface area contributed by atoms with Gasteiger partial charge in [0.05, 0.1) is 31.7 Å². The highest BCUT2D eigenvalue weighted by Crippen LogP contribution is 2.36. The number of hydrogen-bond acceptors (Lipinski definition) is 7. The van der Waals surface area contributed by atoms with Gasteiger partial charge in [0, 0.05) is 23.5 Å². The van der Waals surface area contributed by atoms with E-state index < -0.39 is 46.7 Å². The standard InChI is InChI=1S/C20H31NO7/c1-5-12(2)19(24)27-10-13(3)18(23)14(4)20(25)28-11-15-6-8-21(26)9-7-16(22)17(15)21/h5-6,13-14,16-18,22-23H,7-11H2,1-4H3/b12-5+/t13?,14-,16-,17-,18+,21?/m1/s1. The lowest BCUT2D eigenvalue weighted by Gasteiger charge is -2.40. The van der Waals surface area contributed by atoms with Gasteiger partial charge in [0.15, 0.2) is 0 Å². The topological polar surface area (TPSA) is 116 Å². The quantitative estimate of drug-likeness (QED) is 0.207. The van der Waals surface area contributed by atoms with Gasteiger partial charge in [-0.2, -0.15) is 0 Å². The molecule has 2 unspecified atom stereocenters. The second-order valence-electron chi connectivity index (χ2n) is 7.87. The van der Waals surface area contributed by atoms with Crippen LogP contribution in [0.3, 0.4) is 0 Å². The Kier molecular flexibility index (Phi) is 7.39. The molecule has 0 spiro atoms. The highest BCUT2D eigenvalue weighted by molar-refractivity contribution is 5.87. The molecule has 0 bridgehead atoms. The predicted molar refractivity (Wildman–Crippen MR) is 102 cm³/mol. The maximum absolute atomic E-state index is 12.6. The summed E-state index contributed by atoms with van der Waals surface area (Å²) >= 11 is 0. The first kappa shape index (κ1) is 22.5. The molecule has 28 heavy (non-hydrogen) atoms. The average Bonchev–Trinajstić information content (AvgIpc) is 3.17. The lowest BCUT2D eigenvalue weighted by atomic mass is 9.94. The van der Waals surface area contributed by atoms with Crippen molar-refractivity contribution in [1.29, 1.82) is 0 Å². The molecule has 0 aliphatic carbocycles. The van der Waals surface area contributed by atoms with E-state index >= 15 is 0 Å². The van der Waals surface area contributed by atoms with Crippen molar-refractivity contribution in [1.82, 2.24) is 0 Å². The summed E-state index contributed by atoms with van der Waals surface area (Å²) in [6, 6.07) is -0.568. The lowest BCUT2D eigenvalue weighted by Crippen LogP contribution is -2.46. The molecule has 0 aromatic rings. The minimum absolute atomic E-state index is 0.0155. The molecule has 1 saturated heterocycles. The molecule has 2 rings (SSSR count). The zero-order valence-corrected chi connectivity index (χ0v) is 17.0. The van der Waals surface area contributed by atoms with Gasteiger partial charge >= 0.3 is 11.9 Å². The fourth-order valence-electron chi connectivity index (χ4n) is 3.71. The largest absolute Gasteiger partial charge is 0.632 e. The molecule has 2 N–H and O–H groups in total. The Morgan fingerprint density at radius 1 is 1.39 bits per heavy atom. The van der Waals surface area contributed by atoms with Gasteiger partial charge in [-0.25, -0.2) is 4.79 Å². The van der Waals surface area contributed by atoms with Crippen LogP contribution in [0.25, 0.3) is 0 Å². The number of aliphatic hydroxyl groups excluding tert-OH is 2. The van der Waals surface area contributed by atoms with Gasteiger partial charge in [-0.05, 0) is 26.8 Å². The van der Waals surface area contributed by atoms with E-state index in [0.717, 1.165) is 0 Å². The zero-order chi connectivity index (χ0) is 21.1. The van der Waals surface area contributed by atoms with Crippen molar-refractivity contribution in [3.8, 4) is 0 Å². The summed E-state index contributed by atoms with van der Waals surface area (Å²) in [5.74, 6) is -2.33. The van der Waals surface area contributed by atoms with Crippen LogP contribution in [-0.2, 0) is 19.1 Å². The average molecular weight is 397 g/mol. The number of ether oxygens (including phenoxy) is 2. The minimum Gasteiger partial charge on any atom is -0.632 e. The number of hydrogen-bond donors (Lipinski definition) is 2. The fourth-order valence-corrected chi connectivity index (χ4v) is 3.71. The van der Waals surface area contributed by atoms with Gasteiger partial charge in [0.1, 0.15) is 18.8 Å². The fraction of sp³-hybridized carbons (Fsp3) is 0.700. The summed E-state index contributed by atoms with van der Waals surface area (Å²) in [6.45, 7) is 7.15. The molecule has 0 aromatic carbocycles. The van der Waals surface area contributed by atoms with Crippen molar-refractivity contribution in [2.24, 2.45) is 11.8 Å². The van der Waals surface area contributed by atoms with Crippen LogP contribution in [0.2, 0.25) is 0 Å². The van der Waals surface area contributed by atoms with E-state index in [1.54, 1.807) is 39.8 Å². The van der Waals surface area contributed by atoms with Crippen molar-refractivity contribution in [3.63, 3.8) is 0 Å². The van der Waals surface area contributed by atoms with Crippen molar-refractivity contribution in [3.05, 3.63) is 28.5 Å². The molecule has 1 fully saturated rings. The maximum atomic E-state index is 12.6. The Hall–Kier alpha value is -1.74. The van der Waals surface area contributed by atoms with Crippen LogP contribution in [-0.4, -0.2) is 71.4 Å². The van der Waals surface area contributed by atoms with Crippen molar-refractivity contribution < 1.29 is 33.9 Å². The lowest BCUT2D eigenvalue weighted by molar-refractivity contribution is -0.877. The van der Waals surface area contributed by atoms with Crippen LogP contribution in [0.15, 0.2) is 23.3 Å². The molecule has 2 heterocycles. The summed E-state index contributed by atoms with van der Waals surface area (Å²) in [4.78, 5) is 24.0. The first-order valence-electron chi connectivity index (χ1n) is 9.70. The van der Waals surface area contributed by atoms with Crippen molar-refractivity contribution >= 4 is 11.9 Å². The molecule has 2 aliphatic rings. The molecule has 0 saturated carbocycles. The van der Waals surface area contributed by atoms with Gasteiger partial charge < -0.3 is 29.5 Å².